The molecule has 2 aliphatic rings. The number of nitrogens with zero attached hydrogens (tertiary/aromatic N) is 2. The van der Waals surface area contributed by atoms with E-state index in [1.807, 2.05) is 24.3 Å². The van der Waals surface area contributed by atoms with Crippen molar-refractivity contribution in [3.8, 4) is 11.5 Å². The van der Waals surface area contributed by atoms with Crippen molar-refractivity contribution in [1.82, 2.24) is 9.80 Å². The number of amides is 2. The Hall–Kier alpha value is -2.73. The van der Waals surface area contributed by atoms with Gasteiger partial charge in [-0.1, -0.05) is 42.8 Å². The van der Waals surface area contributed by atoms with E-state index in [0.29, 0.717) is 28.0 Å². The lowest BCUT2D eigenvalue weighted by Gasteiger charge is -2.45. The zero-order chi connectivity index (χ0) is 23.5. The number of benzene rings is 2. The minimum atomic E-state index is -0.748. The highest BCUT2D eigenvalue weighted by molar-refractivity contribution is 6.31. The van der Waals surface area contributed by atoms with Crippen molar-refractivity contribution in [3.05, 3.63) is 58.6 Å². The predicted octanol–water partition coefficient (Wildman–Crippen LogP) is 4.85. The van der Waals surface area contributed by atoms with E-state index < -0.39 is 6.04 Å². The third kappa shape index (κ3) is 4.81. The van der Waals surface area contributed by atoms with Gasteiger partial charge in [0, 0.05) is 17.6 Å². The van der Waals surface area contributed by atoms with Gasteiger partial charge in [0.25, 0.3) is 5.91 Å². The lowest BCUT2D eigenvalue weighted by molar-refractivity contribution is -0.160. The van der Waals surface area contributed by atoms with Crippen LogP contribution in [0, 0.1) is 5.92 Å². The van der Waals surface area contributed by atoms with Crippen LogP contribution in [0.1, 0.15) is 49.8 Å². The van der Waals surface area contributed by atoms with Gasteiger partial charge < -0.3 is 19.3 Å². The maximum absolute atomic E-state index is 13.9. The van der Waals surface area contributed by atoms with Crippen LogP contribution in [-0.4, -0.2) is 48.4 Å². The molecule has 1 heterocycles. The van der Waals surface area contributed by atoms with Gasteiger partial charge in [0.05, 0.1) is 14.2 Å². The molecule has 176 valence electrons. The number of methoxy groups -OCH3 is 2. The Morgan fingerprint density at radius 2 is 1.67 bits per heavy atom. The molecule has 7 heteroatoms. The van der Waals surface area contributed by atoms with E-state index >= 15 is 0 Å². The molecule has 33 heavy (non-hydrogen) atoms. The van der Waals surface area contributed by atoms with Gasteiger partial charge in [0.15, 0.2) is 11.5 Å². The summed E-state index contributed by atoms with van der Waals surface area (Å²) in [6, 6.07) is 12.2. The Balaban J connectivity index is 1.72. The zero-order valence-electron chi connectivity index (χ0n) is 19.4. The topological polar surface area (TPSA) is 59.1 Å². The molecule has 1 atom stereocenters. The Labute approximate surface area is 200 Å². The van der Waals surface area contributed by atoms with E-state index in [0.717, 1.165) is 31.2 Å². The Morgan fingerprint density at radius 3 is 2.33 bits per heavy atom. The number of halogens is 1. The molecule has 1 aliphatic carbocycles. The summed E-state index contributed by atoms with van der Waals surface area (Å²) in [6.45, 7) is 2.61. The van der Waals surface area contributed by atoms with Gasteiger partial charge in [-0.2, -0.15) is 0 Å². The van der Waals surface area contributed by atoms with Gasteiger partial charge in [-0.15, -0.1) is 0 Å². The fourth-order valence-electron chi connectivity index (χ4n) is 4.95. The molecule has 6 nitrogen and oxygen atoms in total. The van der Waals surface area contributed by atoms with Crippen LogP contribution < -0.4 is 9.47 Å². The first-order valence-corrected chi connectivity index (χ1v) is 11.9. The van der Waals surface area contributed by atoms with Crippen LogP contribution in [0.3, 0.4) is 0 Å². The third-order valence-corrected chi connectivity index (χ3v) is 7.27. The Bertz CT molecular complexity index is 1020. The van der Waals surface area contributed by atoms with Gasteiger partial charge in [0.1, 0.15) is 12.6 Å². The van der Waals surface area contributed by atoms with E-state index in [4.69, 9.17) is 21.1 Å². The quantitative estimate of drug-likeness (QED) is 0.605. The summed E-state index contributed by atoms with van der Waals surface area (Å²) in [7, 11) is 3.13. The molecule has 0 N–H and O–H groups in total. The van der Waals surface area contributed by atoms with Crippen LogP contribution in [0.5, 0.6) is 11.5 Å². The SMILES string of the molecule is COc1ccc([C@@H]2C(=O)N(C3CCC(C)CC3)CC(=O)N2Cc2ccccc2Cl)cc1OC. The first-order valence-electron chi connectivity index (χ1n) is 11.5. The van der Waals surface area contributed by atoms with Gasteiger partial charge in [0.2, 0.25) is 5.91 Å². The maximum Gasteiger partial charge on any atom is 0.250 e. The molecule has 1 saturated carbocycles. The molecule has 2 aromatic carbocycles. The fourth-order valence-corrected chi connectivity index (χ4v) is 5.14. The van der Waals surface area contributed by atoms with E-state index in [2.05, 4.69) is 6.92 Å². The van der Waals surface area contributed by atoms with E-state index in [9.17, 15) is 9.59 Å². The summed E-state index contributed by atoms with van der Waals surface area (Å²) < 4.78 is 10.9. The smallest absolute Gasteiger partial charge is 0.250 e. The van der Waals surface area contributed by atoms with Gasteiger partial charge in [-0.05, 0) is 60.9 Å². The number of hydrogen-bond donors (Lipinski definition) is 0. The molecule has 2 aromatic rings. The first-order chi connectivity index (χ1) is 15.9. The van der Waals surface area contributed by atoms with Crippen molar-refractivity contribution in [1.29, 1.82) is 0 Å². The summed E-state index contributed by atoms with van der Waals surface area (Å²) in [5.41, 5.74) is 1.51. The summed E-state index contributed by atoms with van der Waals surface area (Å²) in [5.74, 6) is 1.64. The summed E-state index contributed by atoms with van der Waals surface area (Å²) in [5, 5.41) is 0.576. The van der Waals surface area contributed by atoms with Crippen LogP contribution in [-0.2, 0) is 16.1 Å². The van der Waals surface area contributed by atoms with Gasteiger partial charge >= 0.3 is 0 Å². The fraction of sp³-hybridized carbons (Fsp3) is 0.462. The average Bonchev–Trinajstić information content (AvgIpc) is 2.83. The monoisotopic (exact) mass is 470 g/mol. The normalized spacial score (nSPS) is 23.6. The predicted molar refractivity (Wildman–Crippen MR) is 127 cm³/mol. The molecule has 0 radical (unpaired) electrons. The zero-order valence-corrected chi connectivity index (χ0v) is 20.2. The molecule has 1 saturated heterocycles. The number of piperazine rings is 1. The average molecular weight is 471 g/mol. The molecule has 0 spiro atoms. The highest BCUT2D eigenvalue weighted by Crippen LogP contribution is 2.38. The Kier molecular flexibility index (Phi) is 7.13. The number of carbonyl (C=O) groups excluding carboxylic acids is 2. The number of ether oxygens (including phenoxy) is 2. The van der Waals surface area contributed by atoms with Crippen molar-refractivity contribution in [2.24, 2.45) is 5.92 Å². The number of hydrogen-bond acceptors (Lipinski definition) is 4. The first kappa shape index (κ1) is 23.4. The second-order valence-electron chi connectivity index (χ2n) is 9.01. The van der Waals surface area contributed by atoms with Crippen molar-refractivity contribution in [2.75, 3.05) is 20.8 Å². The second kappa shape index (κ2) is 10.0. The van der Waals surface area contributed by atoms with E-state index in [1.165, 1.54) is 0 Å². The highest BCUT2D eigenvalue weighted by atomic mass is 35.5. The van der Waals surface area contributed by atoms with E-state index in [-0.39, 0.29) is 30.9 Å². The van der Waals surface area contributed by atoms with Crippen molar-refractivity contribution >= 4 is 23.4 Å². The minimum Gasteiger partial charge on any atom is -0.493 e. The van der Waals surface area contributed by atoms with E-state index in [1.54, 1.807) is 42.2 Å². The molecule has 1 aliphatic heterocycles. The van der Waals surface area contributed by atoms with Crippen LogP contribution in [0.2, 0.25) is 5.02 Å². The van der Waals surface area contributed by atoms with Crippen molar-refractivity contribution in [3.63, 3.8) is 0 Å². The molecule has 2 fully saturated rings. The number of rotatable bonds is 6. The largest absolute Gasteiger partial charge is 0.493 e. The molecular weight excluding hydrogens is 440 g/mol. The molecule has 0 unspecified atom stereocenters. The highest BCUT2D eigenvalue weighted by Gasteiger charge is 2.43. The standard InChI is InChI=1S/C26H31ClN2O4/c1-17-8-11-20(12-9-17)28-16-24(30)29(15-19-6-4-5-7-21(19)27)25(26(28)31)18-10-13-22(32-2)23(14-18)33-3/h4-7,10,13-14,17,20,25H,8-9,11-12,15-16H2,1-3H3/t17?,20?,25-/m1/s1. The third-order valence-electron chi connectivity index (χ3n) is 6.90. The summed E-state index contributed by atoms with van der Waals surface area (Å²) in [4.78, 5) is 30.8. The lowest BCUT2D eigenvalue weighted by atomic mass is 9.85. The molecule has 0 bridgehead atoms. The lowest BCUT2D eigenvalue weighted by Crippen LogP contribution is -2.58. The second-order valence-corrected chi connectivity index (χ2v) is 9.42. The van der Waals surface area contributed by atoms with Crippen molar-refractivity contribution < 1.29 is 19.1 Å². The number of carbonyl (C=O) groups is 2. The van der Waals surface area contributed by atoms with Crippen LogP contribution in [0.25, 0.3) is 0 Å². The van der Waals surface area contributed by atoms with Crippen LogP contribution >= 0.6 is 11.6 Å². The van der Waals surface area contributed by atoms with Crippen molar-refractivity contribution in [2.45, 2.75) is 51.2 Å². The minimum absolute atomic E-state index is 0.0478. The van der Waals surface area contributed by atoms with Gasteiger partial charge in [-0.25, -0.2) is 0 Å². The molecule has 0 aromatic heterocycles. The summed E-state index contributed by atoms with van der Waals surface area (Å²) in [6.07, 6.45) is 4.02. The van der Waals surface area contributed by atoms with Crippen LogP contribution in [0.4, 0.5) is 0 Å². The maximum atomic E-state index is 13.9. The molecular formula is C26H31ClN2O4. The summed E-state index contributed by atoms with van der Waals surface area (Å²) >= 11 is 6.40. The Morgan fingerprint density at radius 1 is 0.970 bits per heavy atom. The van der Waals surface area contributed by atoms with Crippen LogP contribution in [0.15, 0.2) is 42.5 Å². The van der Waals surface area contributed by atoms with Gasteiger partial charge in [-0.3, -0.25) is 9.59 Å². The molecule has 4 rings (SSSR count). The molecule has 2 amide bonds.